The second kappa shape index (κ2) is 7.60. The van der Waals surface area contributed by atoms with Gasteiger partial charge in [0.2, 0.25) is 0 Å². The molecule has 0 saturated carbocycles. The Morgan fingerprint density at radius 2 is 1.88 bits per heavy atom. The van der Waals surface area contributed by atoms with E-state index >= 15 is 0 Å². The van der Waals surface area contributed by atoms with Crippen LogP contribution in [0.1, 0.15) is 6.42 Å². The Kier molecular flexibility index (Phi) is 6.83. The van der Waals surface area contributed by atoms with Crippen LogP contribution in [-0.4, -0.2) is 66.5 Å². The van der Waals surface area contributed by atoms with E-state index in [9.17, 15) is 0 Å². The molecule has 0 aromatic heterocycles. The van der Waals surface area contributed by atoms with Gasteiger partial charge in [-0.15, -0.1) is 24.0 Å². The van der Waals surface area contributed by atoms with E-state index < -0.39 is 0 Å². The molecule has 6 heteroatoms. The molecule has 2 fully saturated rings. The van der Waals surface area contributed by atoms with Crippen LogP contribution >= 0.6 is 35.7 Å². The number of nitrogens with zero attached hydrogens (tertiary/aromatic N) is 3. The number of rotatable bonds is 3. The number of likely N-dealkylation sites (tertiary alicyclic amines) is 1. The molecule has 4 nitrogen and oxygen atoms in total. The zero-order valence-electron chi connectivity index (χ0n) is 9.60. The van der Waals surface area contributed by atoms with Crippen molar-refractivity contribution in [1.82, 2.24) is 9.80 Å². The summed E-state index contributed by atoms with van der Waals surface area (Å²) in [6.45, 7) is 6.54. The average molecular weight is 356 g/mol. The maximum Gasteiger partial charge on any atom is 0.191 e. The van der Waals surface area contributed by atoms with Gasteiger partial charge in [0.1, 0.15) is 0 Å². The van der Waals surface area contributed by atoms with Gasteiger partial charge in [-0.3, -0.25) is 4.99 Å². The van der Waals surface area contributed by atoms with Crippen molar-refractivity contribution in [2.75, 3.05) is 50.8 Å². The summed E-state index contributed by atoms with van der Waals surface area (Å²) < 4.78 is 0. The van der Waals surface area contributed by atoms with Gasteiger partial charge >= 0.3 is 0 Å². The highest BCUT2D eigenvalue weighted by Crippen LogP contribution is 2.08. The molecule has 94 valence electrons. The fourth-order valence-corrected chi connectivity index (χ4v) is 2.71. The van der Waals surface area contributed by atoms with Gasteiger partial charge in [0, 0.05) is 31.1 Å². The number of halogens is 1. The summed E-state index contributed by atoms with van der Waals surface area (Å²) in [7, 11) is 0. The van der Waals surface area contributed by atoms with Gasteiger partial charge in [-0.2, -0.15) is 11.8 Å². The Balaban J connectivity index is 0.00000128. The monoisotopic (exact) mass is 356 g/mol. The molecular weight excluding hydrogens is 335 g/mol. The Labute approximate surface area is 119 Å². The summed E-state index contributed by atoms with van der Waals surface area (Å²) in [5.41, 5.74) is 5.94. The largest absolute Gasteiger partial charge is 0.370 e. The zero-order valence-corrected chi connectivity index (χ0v) is 12.7. The lowest BCUT2D eigenvalue weighted by atomic mass is 10.2. The lowest BCUT2D eigenvalue weighted by molar-refractivity contribution is 0.187. The number of hydrogen-bond acceptors (Lipinski definition) is 3. The third-order valence-corrected chi connectivity index (χ3v) is 3.92. The van der Waals surface area contributed by atoms with Crippen LogP contribution in [0.5, 0.6) is 0 Å². The van der Waals surface area contributed by atoms with Gasteiger partial charge in [-0.25, -0.2) is 0 Å². The Morgan fingerprint density at radius 1 is 1.19 bits per heavy atom. The normalized spacial score (nSPS) is 22.5. The Hall–Kier alpha value is 0.310. The molecule has 0 aliphatic carbocycles. The molecular formula is C10H21IN4S. The lowest BCUT2D eigenvalue weighted by Crippen LogP contribution is -2.43. The Morgan fingerprint density at radius 3 is 2.44 bits per heavy atom. The molecule has 2 aliphatic rings. The molecule has 0 spiro atoms. The third-order valence-electron chi connectivity index (χ3n) is 2.97. The van der Waals surface area contributed by atoms with Gasteiger partial charge in [-0.05, 0) is 19.5 Å². The first kappa shape index (κ1) is 14.4. The van der Waals surface area contributed by atoms with E-state index in [1.807, 2.05) is 11.8 Å². The van der Waals surface area contributed by atoms with Crippen molar-refractivity contribution in [2.24, 2.45) is 10.7 Å². The fourth-order valence-electron chi connectivity index (χ4n) is 1.80. The zero-order chi connectivity index (χ0) is 10.5. The second-order valence-electron chi connectivity index (χ2n) is 4.03. The van der Waals surface area contributed by atoms with Crippen LogP contribution in [0.2, 0.25) is 0 Å². The quantitative estimate of drug-likeness (QED) is 0.459. The predicted molar refractivity (Wildman–Crippen MR) is 81.9 cm³/mol. The highest BCUT2D eigenvalue weighted by molar-refractivity contribution is 14.0. The van der Waals surface area contributed by atoms with Crippen molar-refractivity contribution in [2.45, 2.75) is 6.42 Å². The van der Waals surface area contributed by atoms with E-state index in [1.165, 1.54) is 31.0 Å². The van der Waals surface area contributed by atoms with E-state index in [2.05, 4.69) is 14.8 Å². The van der Waals surface area contributed by atoms with Crippen molar-refractivity contribution >= 4 is 41.7 Å². The molecule has 2 saturated heterocycles. The van der Waals surface area contributed by atoms with Crippen LogP contribution in [0.3, 0.4) is 0 Å². The van der Waals surface area contributed by atoms with Gasteiger partial charge in [0.05, 0.1) is 6.54 Å². The number of guanidine groups is 1. The van der Waals surface area contributed by atoms with Crippen LogP contribution in [0.4, 0.5) is 0 Å². The minimum absolute atomic E-state index is 0. The summed E-state index contributed by atoms with van der Waals surface area (Å²) in [6.07, 6.45) is 1.35. The highest BCUT2D eigenvalue weighted by Gasteiger charge is 2.14. The van der Waals surface area contributed by atoms with E-state index in [4.69, 9.17) is 5.73 Å². The van der Waals surface area contributed by atoms with Gasteiger partial charge in [-0.1, -0.05) is 0 Å². The standard InChI is InChI=1S/C10H20N4S.HI/c11-10(14-6-8-15-9-7-14)12-2-5-13-3-1-4-13;/h1-9H2,(H2,11,12);1H. The molecule has 0 amide bonds. The first-order chi connectivity index (χ1) is 7.36. The summed E-state index contributed by atoms with van der Waals surface area (Å²) in [5, 5.41) is 0. The maximum absolute atomic E-state index is 5.94. The predicted octanol–water partition coefficient (Wildman–Crippen LogP) is 0.674. The van der Waals surface area contributed by atoms with Gasteiger partial charge in [0.25, 0.3) is 0 Å². The molecule has 0 unspecified atom stereocenters. The van der Waals surface area contributed by atoms with Gasteiger partial charge in [0.15, 0.2) is 5.96 Å². The molecule has 0 aromatic carbocycles. The van der Waals surface area contributed by atoms with Crippen LogP contribution in [0.15, 0.2) is 4.99 Å². The van der Waals surface area contributed by atoms with E-state index in [1.54, 1.807) is 0 Å². The molecule has 16 heavy (non-hydrogen) atoms. The molecule has 2 N–H and O–H groups in total. The third kappa shape index (κ3) is 4.29. The van der Waals surface area contributed by atoms with E-state index in [0.29, 0.717) is 0 Å². The van der Waals surface area contributed by atoms with Crippen LogP contribution in [-0.2, 0) is 0 Å². The highest BCUT2D eigenvalue weighted by atomic mass is 127. The van der Waals surface area contributed by atoms with Gasteiger partial charge < -0.3 is 15.5 Å². The minimum atomic E-state index is 0. The average Bonchev–Trinajstić information content (AvgIpc) is 2.23. The van der Waals surface area contributed by atoms with Crippen molar-refractivity contribution in [1.29, 1.82) is 0 Å². The second-order valence-corrected chi connectivity index (χ2v) is 5.26. The van der Waals surface area contributed by atoms with E-state index in [-0.39, 0.29) is 24.0 Å². The molecule has 2 rings (SSSR count). The molecule has 0 radical (unpaired) electrons. The number of thioether (sulfide) groups is 1. The minimum Gasteiger partial charge on any atom is -0.370 e. The molecule has 2 heterocycles. The summed E-state index contributed by atoms with van der Waals surface area (Å²) in [4.78, 5) is 9.06. The summed E-state index contributed by atoms with van der Waals surface area (Å²) in [5.74, 6) is 3.11. The van der Waals surface area contributed by atoms with Crippen LogP contribution in [0, 0.1) is 0 Å². The molecule has 0 aromatic rings. The SMILES string of the molecule is I.NC(=NCCN1CCC1)N1CCSCC1. The Bertz CT molecular complexity index is 227. The first-order valence-electron chi connectivity index (χ1n) is 5.71. The smallest absolute Gasteiger partial charge is 0.191 e. The van der Waals surface area contributed by atoms with Crippen molar-refractivity contribution < 1.29 is 0 Å². The topological polar surface area (TPSA) is 44.9 Å². The van der Waals surface area contributed by atoms with Crippen molar-refractivity contribution in [3.05, 3.63) is 0 Å². The van der Waals surface area contributed by atoms with E-state index in [0.717, 1.165) is 32.1 Å². The van der Waals surface area contributed by atoms with Crippen LogP contribution in [0.25, 0.3) is 0 Å². The number of aliphatic imine (C=N–C) groups is 1. The van der Waals surface area contributed by atoms with Crippen molar-refractivity contribution in [3.63, 3.8) is 0 Å². The molecule has 0 bridgehead atoms. The maximum atomic E-state index is 5.94. The van der Waals surface area contributed by atoms with Crippen molar-refractivity contribution in [3.8, 4) is 0 Å². The first-order valence-corrected chi connectivity index (χ1v) is 6.87. The number of hydrogen-bond donors (Lipinski definition) is 1. The molecule has 2 aliphatic heterocycles. The number of nitrogens with two attached hydrogens (primary N) is 1. The summed E-state index contributed by atoms with van der Waals surface area (Å²) in [6, 6.07) is 0. The lowest BCUT2D eigenvalue weighted by Gasteiger charge is -2.30. The van der Waals surface area contributed by atoms with Crippen LogP contribution < -0.4 is 5.73 Å². The molecule has 0 atom stereocenters. The fraction of sp³-hybridized carbons (Fsp3) is 0.900. The summed E-state index contributed by atoms with van der Waals surface area (Å²) >= 11 is 2.00.